The van der Waals surface area contributed by atoms with E-state index in [2.05, 4.69) is 5.32 Å². The Bertz CT molecular complexity index is 1500. The number of carbonyl (C=O) groups excluding carboxylic acids is 2. The first-order valence-electron chi connectivity index (χ1n) is 13.8. The molecule has 1 aliphatic rings. The van der Waals surface area contributed by atoms with E-state index >= 15 is 0 Å². The first-order chi connectivity index (χ1) is 20.1. The van der Waals surface area contributed by atoms with Crippen molar-refractivity contribution >= 4 is 27.5 Å². The van der Waals surface area contributed by atoms with Gasteiger partial charge < -0.3 is 24.4 Å². The SMILES string of the molecule is CCS(=O)(=O)N(CC(=O)N(Cc1cccc(OC)c1)[C@H](Cc1ccccc1)C(=O)NC(C)C)c1ccc2c(c1)OCO2. The summed E-state index contributed by atoms with van der Waals surface area (Å²) in [6.07, 6.45) is 0.236. The van der Waals surface area contributed by atoms with E-state index in [0.717, 1.165) is 15.4 Å². The molecule has 0 saturated heterocycles. The lowest BCUT2D eigenvalue weighted by Gasteiger charge is -2.34. The fraction of sp³-hybridized carbons (Fsp3) is 0.355. The molecule has 0 saturated carbocycles. The largest absolute Gasteiger partial charge is 0.497 e. The summed E-state index contributed by atoms with van der Waals surface area (Å²) in [5, 5.41) is 2.94. The fourth-order valence-electron chi connectivity index (χ4n) is 4.66. The van der Waals surface area contributed by atoms with Gasteiger partial charge in [0.2, 0.25) is 28.6 Å². The normalized spacial score (nSPS) is 13.0. The first-order valence-corrected chi connectivity index (χ1v) is 15.4. The van der Waals surface area contributed by atoms with Gasteiger partial charge >= 0.3 is 0 Å². The molecule has 10 nitrogen and oxygen atoms in total. The molecule has 1 heterocycles. The minimum Gasteiger partial charge on any atom is -0.497 e. The molecule has 1 N–H and O–H groups in total. The Morgan fingerprint density at radius 1 is 0.952 bits per heavy atom. The number of amides is 2. The number of ether oxygens (including phenoxy) is 3. The van der Waals surface area contributed by atoms with E-state index in [4.69, 9.17) is 14.2 Å². The number of benzene rings is 3. The number of nitrogens with one attached hydrogen (secondary N) is 1. The molecule has 3 aromatic rings. The van der Waals surface area contributed by atoms with Crippen LogP contribution in [0.5, 0.6) is 17.2 Å². The van der Waals surface area contributed by atoms with Gasteiger partial charge in [-0.15, -0.1) is 0 Å². The molecule has 0 radical (unpaired) electrons. The highest BCUT2D eigenvalue weighted by molar-refractivity contribution is 7.92. The number of methoxy groups -OCH3 is 1. The van der Waals surface area contributed by atoms with Crippen molar-refractivity contribution in [1.82, 2.24) is 10.2 Å². The van der Waals surface area contributed by atoms with Crippen LogP contribution in [0.15, 0.2) is 72.8 Å². The highest BCUT2D eigenvalue weighted by atomic mass is 32.2. The highest BCUT2D eigenvalue weighted by Gasteiger charge is 2.34. The summed E-state index contributed by atoms with van der Waals surface area (Å²) in [5.74, 6) is 0.382. The molecule has 224 valence electrons. The van der Waals surface area contributed by atoms with Crippen LogP contribution in [0.2, 0.25) is 0 Å². The molecule has 1 atom stereocenters. The van der Waals surface area contributed by atoms with Crippen molar-refractivity contribution < 1.29 is 32.2 Å². The zero-order valence-electron chi connectivity index (χ0n) is 24.3. The maximum absolute atomic E-state index is 14.3. The standard InChI is InChI=1S/C31H37N3O7S/c1-5-42(37,38)34(25-14-15-28-29(18-25)41-21-40-28)20-30(35)33(19-24-12-9-13-26(16-24)39-4)27(31(36)32-22(2)3)17-23-10-7-6-8-11-23/h6-16,18,22,27H,5,17,19-21H2,1-4H3,(H,32,36)/t27-/m1/s1. The lowest BCUT2D eigenvalue weighted by molar-refractivity contribution is -0.140. The minimum absolute atomic E-state index is 0.0265. The lowest BCUT2D eigenvalue weighted by Crippen LogP contribution is -2.54. The number of hydrogen-bond donors (Lipinski definition) is 1. The van der Waals surface area contributed by atoms with Gasteiger partial charge in [0.05, 0.1) is 18.6 Å². The third kappa shape index (κ3) is 7.52. The van der Waals surface area contributed by atoms with Crippen LogP contribution >= 0.6 is 0 Å². The van der Waals surface area contributed by atoms with Crippen LogP contribution in [0, 0.1) is 0 Å². The van der Waals surface area contributed by atoms with Crippen molar-refractivity contribution in [2.45, 2.75) is 45.8 Å². The summed E-state index contributed by atoms with van der Waals surface area (Å²) in [6, 6.07) is 20.3. The smallest absolute Gasteiger partial charge is 0.244 e. The molecular formula is C31H37N3O7S. The molecule has 11 heteroatoms. The van der Waals surface area contributed by atoms with Crippen LogP contribution in [-0.2, 0) is 32.6 Å². The molecule has 4 rings (SSSR count). The van der Waals surface area contributed by atoms with Gasteiger partial charge in [-0.25, -0.2) is 8.42 Å². The third-order valence-electron chi connectivity index (χ3n) is 6.81. The van der Waals surface area contributed by atoms with Crippen molar-refractivity contribution in [3.63, 3.8) is 0 Å². The van der Waals surface area contributed by atoms with Crippen molar-refractivity contribution in [3.8, 4) is 17.2 Å². The van der Waals surface area contributed by atoms with Gasteiger partial charge in [-0.2, -0.15) is 0 Å². The molecule has 1 aliphatic heterocycles. The Morgan fingerprint density at radius 2 is 1.67 bits per heavy atom. The average Bonchev–Trinajstić information content (AvgIpc) is 3.46. The second kappa shape index (κ2) is 13.6. The predicted octanol–water partition coefficient (Wildman–Crippen LogP) is 3.74. The van der Waals surface area contributed by atoms with Crippen LogP contribution < -0.4 is 23.8 Å². The van der Waals surface area contributed by atoms with Crippen molar-refractivity contribution in [2.75, 3.05) is 30.5 Å². The van der Waals surface area contributed by atoms with Crippen LogP contribution in [0.3, 0.4) is 0 Å². The Hall–Kier alpha value is -4.25. The summed E-state index contributed by atoms with van der Waals surface area (Å²) < 4.78 is 43.9. The number of fused-ring (bicyclic) bond motifs is 1. The molecule has 42 heavy (non-hydrogen) atoms. The second-order valence-electron chi connectivity index (χ2n) is 10.2. The van der Waals surface area contributed by atoms with E-state index in [9.17, 15) is 18.0 Å². The number of hydrogen-bond acceptors (Lipinski definition) is 7. The van der Waals surface area contributed by atoms with E-state index in [1.54, 1.807) is 43.5 Å². The van der Waals surface area contributed by atoms with Gasteiger partial charge in [0, 0.05) is 25.1 Å². The van der Waals surface area contributed by atoms with Gasteiger partial charge in [0.1, 0.15) is 18.3 Å². The summed E-state index contributed by atoms with van der Waals surface area (Å²) in [6.45, 7) is 4.78. The topological polar surface area (TPSA) is 114 Å². The molecular weight excluding hydrogens is 558 g/mol. The van der Waals surface area contributed by atoms with Gasteiger partial charge in [0.15, 0.2) is 11.5 Å². The monoisotopic (exact) mass is 595 g/mol. The van der Waals surface area contributed by atoms with Gasteiger partial charge in [-0.1, -0.05) is 42.5 Å². The van der Waals surface area contributed by atoms with Crippen LogP contribution in [0.4, 0.5) is 5.69 Å². The second-order valence-corrected chi connectivity index (χ2v) is 12.4. The summed E-state index contributed by atoms with van der Waals surface area (Å²) >= 11 is 0. The van der Waals surface area contributed by atoms with E-state index in [-0.39, 0.29) is 43.1 Å². The molecule has 0 fully saturated rings. The average molecular weight is 596 g/mol. The van der Waals surface area contributed by atoms with Crippen molar-refractivity contribution in [2.24, 2.45) is 0 Å². The third-order valence-corrected chi connectivity index (χ3v) is 8.55. The number of sulfonamides is 1. The van der Waals surface area contributed by atoms with E-state index in [1.807, 2.05) is 50.2 Å². The minimum atomic E-state index is -3.90. The number of carbonyl (C=O) groups is 2. The van der Waals surface area contributed by atoms with Crippen molar-refractivity contribution in [3.05, 3.63) is 83.9 Å². The Morgan fingerprint density at radius 3 is 2.36 bits per heavy atom. The fourth-order valence-corrected chi connectivity index (χ4v) is 5.72. The van der Waals surface area contributed by atoms with Gasteiger partial charge in [0.25, 0.3) is 0 Å². The zero-order chi connectivity index (χ0) is 30.3. The molecule has 0 aromatic heterocycles. The van der Waals surface area contributed by atoms with E-state index < -0.39 is 28.5 Å². The Kier molecular flexibility index (Phi) is 9.95. The maximum atomic E-state index is 14.3. The Balaban J connectivity index is 1.75. The molecule has 0 bridgehead atoms. The predicted molar refractivity (Wildman–Crippen MR) is 160 cm³/mol. The lowest BCUT2D eigenvalue weighted by atomic mass is 10.0. The van der Waals surface area contributed by atoms with Crippen LogP contribution in [-0.4, -0.2) is 63.4 Å². The number of nitrogens with zero attached hydrogens (tertiary/aromatic N) is 2. The van der Waals surface area contributed by atoms with Gasteiger partial charge in [-0.3, -0.25) is 13.9 Å². The van der Waals surface area contributed by atoms with Crippen LogP contribution in [0.1, 0.15) is 31.9 Å². The van der Waals surface area contributed by atoms with Crippen molar-refractivity contribution in [1.29, 1.82) is 0 Å². The van der Waals surface area contributed by atoms with Gasteiger partial charge in [-0.05, 0) is 56.2 Å². The summed E-state index contributed by atoms with van der Waals surface area (Å²) in [5.41, 5.74) is 1.85. The Labute approximate surface area is 247 Å². The summed E-state index contributed by atoms with van der Waals surface area (Å²) in [7, 11) is -2.35. The highest BCUT2D eigenvalue weighted by Crippen LogP contribution is 2.36. The number of rotatable bonds is 13. The molecule has 3 aromatic carbocycles. The molecule has 0 spiro atoms. The quantitative estimate of drug-likeness (QED) is 0.320. The van der Waals surface area contributed by atoms with Crippen LogP contribution in [0.25, 0.3) is 0 Å². The van der Waals surface area contributed by atoms with E-state index in [0.29, 0.717) is 17.2 Å². The van der Waals surface area contributed by atoms with E-state index in [1.165, 1.54) is 11.8 Å². The maximum Gasteiger partial charge on any atom is 0.244 e. The number of anilines is 1. The molecule has 0 aliphatic carbocycles. The summed E-state index contributed by atoms with van der Waals surface area (Å²) in [4.78, 5) is 29.4. The zero-order valence-corrected chi connectivity index (χ0v) is 25.1. The molecule has 0 unspecified atom stereocenters. The molecule has 2 amide bonds. The first kappa shape index (κ1) is 30.7.